The first-order chi connectivity index (χ1) is 10.6. The quantitative estimate of drug-likeness (QED) is 0.543. The fraction of sp³-hybridized carbons (Fsp3) is 0.294. The highest BCUT2D eigenvalue weighted by atomic mass is 32.2. The van der Waals surface area contributed by atoms with Gasteiger partial charge in [-0.1, -0.05) is 18.2 Å². The Morgan fingerprint density at radius 2 is 2.09 bits per heavy atom. The number of ether oxygens (including phenoxy) is 1. The average Bonchev–Trinajstić information content (AvgIpc) is 2.80. The summed E-state index contributed by atoms with van der Waals surface area (Å²) in [6, 6.07) is 8.21. The Kier molecular flexibility index (Phi) is 3.83. The van der Waals surface area contributed by atoms with Gasteiger partial charge in [-0.15, -0.1) is 11.8 Å². The van der Waals surface area contributed by atoms with Gasteiger partial charge in [-0.05, 0) is 31.7 Å². The molecule has 2 aromatic heterocycles. The van der Waals surface area contributed by atoms with E-state index in [9.17, 15) is 4.79 Å². The number of aromatic nitrogens is 2. The van der Waals surface area contributed by atoms with E-state index in [1.54, 1.807) is 18.7 Å². The van der Waals surface area contributed by atoms with Gasteiger partial charge in [-0.3, -0.25) is 0 Å². The molecule has 0 radical (unpaired) electrons. The molecular weight excluding hydrogens is 296 g/mol. The lowest BCUT2D eigenvalue weighted by Crippen LogP contribution is -2.11. The fourth-order valence-corrected chi connectivity index (χ4v) is 3.68. The van der Waals surface area contributed by atoms with Crippen molar-refractivity contribution >= 4 is 39.7 Å². The molecule has 114 valence electrons. The molecule has 0 amide bonds. The van der Waals surface area contributed by atoms with Gasteiger partial charge in [0.25, 0.3) is 0 Å². The lowest BCUT2D eigenvalue weighted by atomic mass is 10.1. The van der Waals surface area contributed by atoms with Crippen molar-refractivity contribution in [2.24, 2.45) is 7.05 Å². The molecule has 0 aliphatic carbocycles. The van der Waals surface area contributed by atoms with Gasteiger partial charge < -0.3 is 9.30 Å². The molecule has 3 aromatic rings. The van der Waals surface area contributed by atoms with Crippen molar-refractivity contribution in [2.45, 2.75) is 18.7 Å². The SMILES string of the molecule is CCOC(=O)c1nc2c(c(SC)c1C)c1ccccc1n2C. The third kappa shape index (κ3) is 2.08. The molecule has 0 bridgehead atoms. The molecule has 0 unspecified atom stereocenters. The molecule has 3 rings (SSSR count). The lowest BCUT2D eigenvalue weighted by Gasteiger charge is -2.10. The molecule has 0 aliphatic rings. The summed E-state index contributed by atoms with van der Waals surface area (Å²) < 4.78 is 7.19. The first-order valence-electron chi connectivity index (χ1n) is 7.19. The molecular formula is C17H18N2O2S. The number of nitrogens with zero attached hydrogens (tertiary/aromatic N) is 2. The topological polar surface area (TPSA) is 44.1 Å². The van der Waals surface area contributed by atoms with Crippen molar-refractivity contribution in [1.29, 1.82) is 0 Å². The van der Waals surface area contributed by atoms with Crippen LogP contribution in [0.5, 0.6) is 0 Å². The van der Waals surface area contributed by atoms with Gasteiger partial charge in [0.05, 0.1) is 12.1 Å². The van der Waals surface area contributed by atoms with Crippen LogP contribution >= 0.6 is 11.8 Å². The summed E-state index contributed by atoms with van der Waals surface area (Å²) in [7, 11) is 1.98. The average molecular weight is 314 g/mol. The van der Waals surface area contributed by atoms with Crippen LogP contribution in [0.1, 0.15) is 23.0 Å². The van der Waals surface area contributed by atoms with Gasteiger partial charge in [0, 0.05) is 22.7 Å². The summed E-state index contributed by atoms with van der Waals surface area (Å²) in [5, 5.41) is 2.27. The Hall–Kier alpha value is -2.01. The van der Waals surface area contributed by atoms with E-state index in [1.807, 2.05) is 36.9 Å². The molecule has 0 saturated heterocycles. The third-order valence-electron chi connectivity index (χ3n) is 3.89. The monoisotopic (exact) mass is 314 g/mol. The first-order valence-corrected chi connectivity index (χ1v) is 8.41. The van der Waals surface area contributed by atoms with Gasteiger partial charge in [-0.25, -0.2) is 9.78 Å². The molecule has 1 aromatic carbocycles. The van der Waals surface area contributed by atoms with Gasteiger partial charge in [-0.2, -0.15) is 0 Å². The molecule has 2 heterocycles. The highest BCUT2D eigenvalue weighted by molar-refractivity contribution is 7.98. The van der Waals surface area contributed by atoms with Crippen LogP contribution in [0.25, 0.3) is 21.9 Å². The van der Waals surface area contributed by atoms with Crippen molar-refractivity contribution in [1.82, 2.24) is 9.55 Å². The second-order valence-corrected chi connectivity index (χ2v) is 5.93. The van der Waals surface area contributed by atoms with E-state index in [1.165, 1.54) is 0 Å². The summed E-state index contributed by atoms with van der Waals surface area (Å²) in [6.45, 7) is 4.09. The lowest BCUT2D eigenvalue weighted by molar-refractivity contribution is 0.0518. The Morgan fingerprint density at radius 3 is 2.77 bits per heavy atom. The highest BCUT2D eigenvalue weighted by Crippen LogP contribution is 2.37. The molecule has 0 saturated carbocycles. The molecule has 4 nitrogen and oxygen atoms in total. The van der Waals surface area contributed by atoms with Crippen LogP contribution in [-0.4, -0.2) is 28.4 Å². The van der Waals surface area contributed by atoms with Gasteiger partial charge in [0.1, 0.15) is 5.65 Å². The second kappa shape index (κ2) is 5.65. The number of hydrogen-bond acceptors (Lipinski definition) is 4. The van der Waals surface area contributed by atoms with E-state index >= 15 is 0 Å². The molecule has 0 aliphatic heterocycles. The van der Waals surface area contributed by atoms with E-state index in [0.29, 0.717) is 12.3 Å². The van der Waals surface area contributed by atoms with Crippen LogP contribution in [0.4, 0.5) is 0 Å². The number of fused-ring (bicyclic) bond motifs is 3. The molecule has 22 heavy (non-hydrogen) atoms. The third-order valence-corrected chi connectivity index (χ3v) is 4.81. The van der Waals surface area contributed by atoms with Crippen LogP contribution in [-0.2, 0) is 11.8 Å². The van der Waals surface area contributed by atoms with Gasteiger partial charge in [0.2, 0.25) is 0 Å². The Morgan fingerprint density at radius 1 is 1.36 bits per heavy atom. The molecule has 0 atom stereocenters. The van der Waals surface area contributed by atoms with Crippen LogP contribution < -0.4 is 0 Å². The smallest absolute Gasteiger partial charge is 0.357 e. The summed E-state index contributed by atoms with van der Waals surface area (Å²) in [5.74, 6) is -0.359. The van der Waals surface area contributed by atoms with E-state index in [4.69, 9.17) is 4.74 Å². The molecule has 0 spiro atoms. The zero-order valence-corrected chi connectivity index (χ0v) is 14.0. The van der Waals surface area contributed by atoms with E-state index in [2.05, 4.69) is 17.1 Å². The number of hydrogen-bond donors (Lipinski definition) is 0. The number of carbonyl (C=O) groups is 1. The number of carbonyl (C=O) groups excluding carboxylic acids is 1. The molecule has 0 N–H and O–H groups in total. The number of benzene rings is 1. The van der Waals surface area contributed by atoms with E-state index in [-0.39, 0.29) is 5.97 Å². The minimum atomic E-state index is -0.359. The van der Waals surface area contributed by atoms with Gasteiger partial charge >= 0.3 is 5.97 Å². The predicted octanol–water partition coefficient (Wildman–Crippen LogP) is 3.93. The van der Waals surface area contributed by atoms with Crippen molar-refractivity contribution in [2.75, 3.05) is 12.9 Å². The number of pyridine rings is 1. The highest BCUT2D eigenvalue weighted by Gasteiger charge is 2.21. The summed E-state index contributed by atoms with van der Waals surface area (Å²) in [5.41, 5.74) is 3.22. The first kappa shape index (κ1) is 14.9. The Bertz CT molecular complexity index is 883. The number of aryl methyl sites for hydroxylation is 1. The molecule has 0 fully saturated rings. The standard InChI is InChI=1S/C17H18N2O2S/c1-5-21-17(20)14-10(2)15(22-4)13-11-8-6-7-9-12(11)19(3)16(13)18-14/h6-9H,5H2,1-4H3. The summed E-state index contributed by atoms with van der Waals surface area (Å²) in [6.07, 6.45) is 2.03. The van der Waals surface area contributed by atoms with E-state index in [0.717, 1.165) is 32.4 Å². The zero-order chi connectivity index (χ0) is 15.9. The maximum Gasteiger partial charge on any atom is 0.357 e. The van der Waals surface area contributed by atoms with Crippen LogP contribution in [0.3, 0.4) is 0 Å². The van der Waals surface area contributed by atoms with Crippen molar-refractivity contribution in [3.63, 3.8) is 0 Å². The van der Waals surface area contributed by atoms with Crippen molar-refractivity contribution < 1.29 is 9.53 Å². The Balaban J connectivity index is 2.44. The fourth-order valence-electron chi connectivity index (χ4n) is 2.87. The Labute approximate surface area is 133 Å². The maximum absolute atomic E-state index is 12.2. The van der Waals surface area contributed by atoms with Crippen LogP contribution in [0.15, 0.2) is 29.2 Å². The normalized spacial score (nSPS) is 11.3. The predicted molar refractivity (Wildman–Crippen MR) is 90.7 cm³/mol. The van der Waals surface area contributed by atoms with E-state index < -0.39 is 0 Å². The van der Waals surface area contributed by atoms with Crippen LogP contribution in [0.2, 0.25) is 0 Å². The van der Waals surface area contributed by atoms with Crippen molar-refractivity contribution in [3.05, 3.63) is 35.5 Å². The summed E-state index contributed by atoms with van der Waals surface area (Å²) >= 11 is 1.64. The number of thioether (sulfide) groups is 1. The number of para-hydroxylation sites is 1. The minimum absolute atomic E-state index is 0.349. The number of esters is 1. The summed E-state index contributed by atoms with van der Waals surface area (Å²) in [4.78, 5) is 17.9. The van der Waals surface area contributed by atoms with Crippen molar-refractivity contribution in [3.8, 4) is 0 Å². The largest absolute Gasteiger partial charge is 0.461 e. The minimum Gasteiger partial charge on any atom is -0.461 e. The zero-order valence-electron chi connectivity index (χ0n) is 13.1. The van der Waals surface area contributed by atoms with Crippen LogP contribution in [0, 0.1) is 6.92 Å². The number of rotatable bonds is 3. The maximum atomic E-state index is 12.2. The van der Waals surface area contributed by atoms with Gasteiger partial charge in [0.15, 0.2) is 5.69 Å². The second-order valence-electron chi connectivity index (χ2n) is 5.11. The molecule has 5 heteroatoms.